The minimum Gasteiger partial charge on any atom is -0.317 e. The van der Waals surface area contributed by atoms with E-state index in [0.29, 0.717) is 6.04 Å². The highest BCUT2D eigenvalue weighted by Crippen LogP contribution is 2.16. The van der Waals surface area contributed by atoms with Gasteiger partial charge in [0, 0.05) is 24.8 Å². The Morgan fingerprint density at radius 3 is 2.79 bits per heavy atom. The minimum absolute atomic E-state index is 0.503. The summed E-state index contributed by atoms with van der Waals surface area (Å²) < 4.78 is 2.10. The summed E-state index contributed by atoms with van der Waals surface area (Å²) in [6.45, 7) is 11.1. The van der Waals surface area contributed by atoms with Gasteiger partial charge in [0.15, 0.2) is 0 Å². The topological polar surface area (TPSA) is 33.1 Å². The highest BCUT2D eigenvalue weighted by molar-refractivity contribution is 5.00. The van der Waals surface area contributed by atoms with E-state index in [1.807, 2.05) is 0 Å². The molecule has 19 heavy (non-hydrogen) atoms. The summed E-state index contributed by atoms with van der Waals surface area (Å²) in [5, 5.41) is 8.16. The maximum absolute atomic E-state index is 4.72. The quantitative estimate of drug-likeness (QED) is 0.856. The van der Waals surface area contributed by atoms with Crippen LogP contribution in [-0.4, -0.2) is 40.4 Å². The molecule has 0 saturated carbocycles. The van der Waals surface area contributed by atoms with Gasteiger partial charge in [-0.3, -0.25) is 9.58 Å². The molecule has 0 aromatic carbocycles. The van der Waals surface area contributed by atoms with Crippen LogP contribution in [0, 0.1) is 0 Å². The van der Waals surface area contributed by atoms with E-state index in [1.54, 1.807) is 0 Å². The first-order valence-corrected chi connectivity index (χ1v) is 7.73. The molecule has 108 valence electrons. The van der Waals surface area contributed by atoms with Crippen molar-refractivity contribution in [3.8, 4) is 0 Å². The number of nitrogens with one attached hydrogen (secondary N) is 1. The van der Waals surface area contributed by atoms with E-state index in [9.17, 15) is 0 Å². The fourth-order valence-corrected chi connectivity index (χ4v) is 2.77. The number of hydrogen-bond acceptors (Lipinski definition) is 3. The number of nitrogens with zero attached hydrogens (tertiary/aromatic N) is 3. The van der Waals surface area contributed by atoms with Gasteiger partial charge in [0.1, 0.15) is 0 Å². The summed E-state index contributed by atoms with van der Waals surface area (Å²) >= 11 is 0. The second kappa shape index (κ2) is 7.06. The zero-order valence-corrected chi connectivity index (χ0v) is 12.6. The van der Waals surface area contributed by atoms with Crippen molar-refractivity contribution in [1.82, 2.24) is 20.0 Å². The molecule has 2 heterocycles. The minimum atomic E-state index is 0.503. The van der Waals surface area contributed by atoms with E-state index in [0.717, 1.165) is 38.6 Å². The van der Waals surface area contributed by atoms with Crippen molar-refractivity contribution >= 4 is 0 Å². The summed E-state index contributed by atoms with van der Waals surface area (Å²) in [6, 6.07) is 3.40. The molecule has 1 aromatic rings. The van der Waals surface area contributed by atoms with Crippen molar-refractivity contribution in [3.63, 3.8) is 0 Å². The van der Waals surface area contributed by atoms with Gasteiger partial charge in [-0.25, -0.2) is 0 Å². The lowest BCUT2D eigenvalue weighted by Gasteiger charge is -2.33. The predicted octanol–water partition coefficient (Wildman–Crippen LogP) is 2.43. The third-order valence-corrected chi connectivity index (χ3v) is 4.30. The van der Waals surface area contributed by atoms with Gasteiger partial charge in [-0.1, -0.05) is 13.8 Å². The lowest BCUT2D eigenvalue weighted by molar-refractivity contribution is 0.160. The molecule has 1 aliphatic heterocycles. The molecule has 1 saturated heterocycles. The largest absolute Gasteiger partial charge is 0.317 e. The SMILES string of the molecule is CCC(C)n1ccc(CN(CC)C2CCNCC2)n1. The first kappa shape index (κ1) is 14.5. The highest BCUT2D eigenvalue weighted by atomic mass is 15.3. The average Bonchev–Trinajstić information content (AvgIpc) is 2.93. The molecule has 2 rings (SSSR count). The zero-order chi connectivity index (χ0) is 13.7. The Labute approximate surface area is 117 Å². The number of piperidine rings is 1. The van der Waals surface area contributed by atoms with Crippen molar-refractivity contribution in [2.24, 2.45) is 0 Å². The first-order chi connectivity index (χ1) is 9.24. The molecule has 0 aliphatic carbocycles. The van der Waals surface area contributed by atoms with Crippen LogP contribution in [0.2, 0.25) is 0 Å². The van der Waals surface area contributed by atoms with Crippen molar-refractivity contribution in [2.75, 3.05) is 19.6 Å². The first-order valence-electron chi connectivity index (χ1n) is 7.73. The van der Waals surface area contributed by atoms with E-state index in [4.69, 9.17) is 5.10 Å². The number of hydrogen-bond donors (Lipinski definition) is 1. The molecular weight excluding hydrogens is 236 g/mol. The van der Waals surface area contributed by atoms with Gasteiger partial charge in [0.25, 0.3) is 0 Å². The third-order valence-electron chi connectivity index (χ3n) is 4.30. The van der Waals surface area contributed by atoms with Crippen LogP contribution in [0.5, 0.6) is 0 Å². The Bertz CT molecular complexity index is 368. The Morgan fingerprint density at radius 1 is 1.42 bits per heavy atom. The summed E-state index contributed by atoms with van der Waals surface area (Å²) in [5.74, 6) is 0. The number of aromatic nitrogens is 2. The molecule has 4 heteroatoms. The molecule has 0 radical (unpaired) electrons. The van der Waals surface area contributed by atoms with Crippen LogP contribution in [0.3, 0.4) is 0 Å². The maximum Gasteiger partial charge on any atom is 0.0764 e. The van der Waals surface area contributed by atoms with Gasteiger partial charge in [-0.05, 0) is 51.9 Å². The van der Waals surface area contributed by atoms with Crippen LogP contribution < -0.4 is 5.32 Å². The van der Waals surface area contributed by atoms with Gasteiger partial charge in [-0.2, -0.15) is 5.10 Å². The molecule has 1 unspecified atom stereocenters. The van der Waals surface area contributed by atoms with E-state index in [2.05, 4.69) is 47.9 Å². The fourth-order valence-electron chi connectivity index (χ4n) is 2.77. The molecule has 0 amide bonds. The molecule has 0 spiro atoms. The Balaban J connectivity index is 1.95. The smallest absolute Gasteiger partial charge is 0.0764 e. The molecule has 1 N–H and O–H groups in total. The van der Waals surface area contributed by atoms with Gasteiger partial charge in [-0.15, -0.1) is 0 Å². The zero-order valence-electron chi connectivity index (χ0n) is 12.6. The maximum atomic E-state index is 4.72. The van der Waals surface area contributed by atoms with Crippen LogP contribution in [0.1, 0.15) is 51.8 Å². The Morgan fingerprint density at radius 2 is 2.16 bits per heavy atom. The molecule has 1 aliphatic rings. The average molecular weight is 264 g/mol. The molecule has 1 fully saturated rings. The Hall–Kier alpha value is -0.870. The van der Waals surface area contributed by atoms with E-state index in [-0.39, 0.29) is 0 Å². The van der Waals surface area contributed by atoms with Gasteiger partial charge in [0.05, 0.1) is 5.69 Å². The van der Waals surface area contributed by atoms with E-state index >= 15 is 0 Å². The standard InChI is InChI=1S/C15H28N4/c1-4-13(3)19-11-8-14(17-19)12-18(5-2)15-6-9-16-10-7-15/h8,11,13,15-16H,4-7,9-10,12H2,1-3H3. The fraction of sp³-hybridized carbons (Fsp3) is 0.800. The lowest BCUT2D eigenvalue weighted by Crippen LogP contribution is -2.42. The van der Waals surface area contributed by atoms with Crippen molar-refractivity contribution < 1.29 is 0 Å². The second-order valence-corrected chi connectivity index (χ2v) is 5.59. The van der Waals surface area contributed by atoms with E-state index < -0.39 is 0 Å². The molecule has 0 bridgehead atoms. The highest BCUT2D eigenvalue weighted by Gasteiger charge is 2.20. The second-order valence-electron chi connectivity index (χ2n) is 5.59. The summed E-state index contributed by atoms with van der Waals surface area (Å²) in [7, 11) is 0. The molecule has 4 nitrogen and oxygen atoms in total. The van der Waals surface area contributed by atoms with Crippen molar-refractivity contribution in [2.45, 2.75) is 58.7 Å². The van der Waals surface area contributed by atoms with Crippen molar-refractivity contribution in [3.05, 3.63) is 18.0 Å². The van der Waals surface area contributed by atoms with Crippen LogP contribution in [0.25, 0.3) is 0 Å². The van der Waals surface area contributed by atoms with Crippen molar-refractivity contribution in [1.29, 1.82) is 0 Å². The van der Waals surface area contributed by atoms with Gasteiger partial charge >= 0.3 is 0 Å². The van der Waals surface area contributed by atoms with Crippen LogP contribution in [-0.2, 0) is 6.54 Å². The molecule has 1 atom stereocenters. The number of rotatable bonds is 6. The summed E-state index contributed by atoms with van der Waals surface area (Å²) in [6.07, 6.45) is 5.78. The van der Waals surface area contributed by atoms with Gasteiger partial charge in [0.2, 0.25) is 0 Å². The Kier molecular flexibility index (Phi) is 5.40. The molecule has 1 aromatic heterocycles. The van der Waals surface area contributed by atoms with Crippen LogP contribution in [0.4, 0.5) is 0 Å². The summed E-state index contributed by atoms with van der Waals surface area (Å²) in [5.41, 5.74) is 1.21. The molecular formula is C15H28N4. The van der Waals surface area contributed by atoms with Gasteiger partial charge < -0.3 is 5.32 Å². The third kappa shape index (κ3) is 3.80. The van der Waals surface area contributed by atoms with Crippen LogP contribution >= 0.6 is 0 Å². The normalized spacial score (nSPS) is 18.9. The van der Waals surface area contributed by atoms with E-state index in [1.165, 1.54) is 18.5 Å². The summed E-state index contributed by atoms with van der Waals surface area (Å²) in [4.78, 5) is 2.57. The van der Waals surface area contributed by atoms with Crippen LogP contribution in [0.15, 0.2) is 12.3 Å². The predicted molar refractivity (Wildman–Crippen MR) is 79.2 cm³/mol. The lowest BCUT2D eigenvalue weighted by atomic mass is 10.0. The monoisotopic (exact) mass is 264 g/mol.